The third-order valence-electron chi connectivity index (χ3n) is 3.86. The van der Waals surface area contributed by atoms with Gasteiger partial charge in [0.2, 0.25) is 0 Å². The van der Waals surface area contributed by atoms with Crippen molar-refractivity contribution in [3.63, 3.8) is 0 Å². The zero-order valence-corrected chi connectivity index (χ0v) is 11.7. The molecular weight excluding hydrogens is 246 g/mol. The number of ether oxygens (including phenoxy) is 1. The molecule has 1 N–H and O–H groups in total. The Morgan fingerprint density at radius 1 is 0.950 bits per heavy atom. The van der Waals surface area contributed by atoms with E-state index < -0.39 is 0 Å². The molecule has 2 aromatic carbocycles. The van der Waals surface area contributed by atoms with Crippen LogP contribution in [0.3, 0.4) is 0 Å². The molecule has 2 nitrogen and oxygen atoms in total. The van der Waals surface area contributed by atoms with Gasteiger partial charge < -0.3 is 10.1 Å². The number of benzene rings is 2. The second kappa shape index (κ2) is 6.58. The first-order valence-corrected chi connectivity index (χ1v) is 7.43. The SMILES string of the molecule is c1ccc(-c2ccc(OCCC3CCCN3)cc2)cc1. The number of hydrogen-bond acceptors (Lipinski definition) is 2. The van der Waals surface area contributed by atoms with Gasteiger partial charge in [0.15, 0.2) is 0 Å². The standard InChI is InChI=1S/C18H21NO/c1-2-5-15(6-3-1)16-8-10-18(11-9-16)20-14-12-17-7-4-13-19-17/h1-3,5-6,8-11,17,19H,4,7,12-14H2. The average Bonchev–Trinajstić information content (AvgIpc) is 3.02. The molecule has 1 heterocycles. The summed E-state index contributed by atoms with van der Waals surface area (Å²) in [6, 6.07) is 19.4. The van der Waals surface area contributed by atoms with Gasteiger partial charge in [0.05, 0.1) is 6.61 Å². The quantitative estimate of drug-likeness (QED) is 0.887. The molecule has 1 atom stereocenters. The van der Waals surface area contributed by atoms with Gasteiger partial charge >= 0.3 is 0 Å². The summed E-state index contributed by atoms with van der Waals surface area (Å²) in [5, 5.41) is 3.49. The Balaban J connectivity index is 1.53. The maximum absolute atomic E-state index is 5.82. The van der Waals surface area contributed by atoms with E-state index in [-0.39, 0.29) is 0 Å². The van der Waals surface area contributed by atoms with Crippen LogP contribution >= 0.6 is 0 Å². The van der Waals surface area contributed by atoms with Gasteiger partial charge in [-0.1, -0.05) is 42.5 Å². The highest BCUT2D eigenvalue weighted by Crippen LogP contribution is 2.22. The van der Waals surface area contributed by atoms with Crippen molar-refractivity contribution >= 4 is 0 Å². The molecule has 0 aromatic heterocycles. The van der Waals surface area contributed by atoms with Crippen LogP contribution in [0.2, 0.25) is 0 Å². The van der Waals surface area contributed by atoms with Gasteiger partial charge in [0.1, 0.15) is 5.75 Å². The highest BCUT2D eigenvalue weighted by Gasteiger charge is 2.13. The summed E-state index contributed by atoms with van der Waals surface area (Å²) >= 11 is 0. The molecule has 1 aliphatic rings. The highest BCUT2D eigenvalue weighted by atomic mass is 16.5. The van der Waals surface area contributed by atoms with E-state index in [9.17, 15) is 0 Å². The maximum atomic E-state index is 5.82. The van der Waals surface area contributed by atoms with E-state index >= 15 is 0 Å². The van der Waals surface area contributed by atoms with Crippen molar-refractivity contribution in [1.82, 2.24) is 5.32 Å². The lowest BCUT2D eigenvalue weighted by Gasteiger charge is -2.11. The van der Waals surface area contributed by atoms with E-state index in [0.717, 1.165) is 25.3 Å². The minimum Gasteiger partial charge on any atom is -0.494 e. The van der Waals surface area contributed by atoms with Crippen LogP contribution in [-0.2, 0) is 0 Å². The van der Waals surface area contributed by atoms with Gasteiger partial charge in [-0.15, -0.1) is 0 Å². The van der Waals surface area contributed by atoms with E-state index in [0.29, 0.717) is 6.04 Å². The fourth-order valence-electron chi connectivity index (χ4n) is 2.70. The Morgan fingerprint density at radius 3 is 2.40 bits per heavy atom. The fourth-order valence-corrected chi connectivity index (χ4v) is 2.70. The second-order valence-electron chi connectivity index (χ2n) is 5.32. The Hall–Kier alpha value is -1.80. The molecule has 1 unspecified atom stereocenters. The predicted molar refractivity (Wildman–Crippen MR) is 83.0 cm³/mol. The maximum Gasteiger partial charge on any atom is 0.119 e. The van der Waals surface area contributed by atoms with E-state index in [4.69, 9.17) is 4.74 Å². The summed E-state index contributed by atoms with van der Waals surface area (Å²) in [6.07, 6.45) is 3.69. The molecule has 0 radical (unpaired) electrons. The molecule has 20 heavy (non-hydrogen) atoms. The van der Waals surface area contributed by atoms with E-state index in [1.165, 1.54) is 24.0 Å². The number of hydrogen-bond donors (Lipinski definition) is 1. The average molecular weight is 267 g/mol. The molecule has 0 aliphatic carbocycles. The molecular formula is C18H21NO. The Morgan fingerprint density at radius 2 is 1.70 bits per heavy atom. The minimum atomic E-state index is 0.651. The largest absolute Gasteiger partial charge is 0.494 e. The number of rotatable bonds is 5. The lowest BCUT2D eigenvalue weighted by Crippen LogP contribution is -2.23. The third kappa shape index (κ3) is 3.40. The van der Waals surface area contributed by atoms with Crippen molar-refractivity contribution in [2.75, 3.05) is 13.2 Å². The van der Waals surface area contributed by atoms with Crippen LogP contribution < -0.4 is 10.1 Å². The third-order valence-corrected chi connectivity index (χ3v) is 3.86. The molecule has 1 fully saturated rings. The van der Waals surface area contributed by atoms with Crippen molar-refractivity contribution in [2.45, 2.75) is 25.3 Å². The summed E-state index contributed by atoms with van der Waals surface area (Å²) in [5.74, 6) is 0.961. The van der Waals surface area contributed by atoms with Crippen molar-refractivity contribution in [1.29, 1.82) is 0 Å². The van der Waals surface area contributed by atoms with Gasteiger partial charge in [-0.25, -0.2) is 0 Å². The van der Waals surface area contributed by atoms with Crippen molar-refractivity contribution in [3.8, 4) is 16.9 Å². The smallest absolute Gasteiger partial charge is 0.119 e. The highest BCUT2D eigenvalue weighted by molar-refractivity contribution is 5.63. The Bertz CT molecular complexity index is 515. The molecule has 1 saturated heterocycles. The van der Waals surface area contributed by atoms with Crippen LogP contribution in [0.15, 0.2) is 54.6 Å². The van der Waals surface area contributed by atoms with Crippen molar-refractivity contribution in [2.24, 2.45) is 0 Å². The molecule has 2 aromatic rings. The summed E-state index contributed by atoms with van der Waals surface area (Å²) in [5.41, 5.74) is 2.48. The lowest BCUT2D eigenvalue weighted by molar-refractivity contribution is 0.292. The normalized spacial score (nSPS) is 18.1. The molecule has 0 amide bonds. The van der Waals surface area contributed by atoms with Crippen LogP contribution in [0.5, 0.6) is 5.75 Å². The summed E-state index contributed by atoms with van der Waals surface area (Å²) < 4.78 is 5.82. The van der Waals surface area contributed by atoms with Gasteiger partial charge in [-0.2, -0.15) is 0 Å². The molecule has 0 saturated carbocycles. The molecule has 2 heteroatoms. The summed E-state index contributed by atoms with van der Waals surface area (Å²) in [7, 11) is 0. The van der Waals surface area contributed by atoms with Crippen molar-refractivity contribution in [3.05, 3.63) is 54.6 Å². The monoisotopic (exact) mass is 267 g/mol. The summed E-state index contributed by atoms with van der Waals surface area (Å²) in [6.45, 7) is 1.96. The zero-order chi connectivity index (χ0) is 13.6. The van der Waals surface area contributed by atoms with Crippen LogP contribution in [-0.4, -0.2) is 19.2 Å². The zero-order valence-electron chi connectivity index (χ0n) is 11.7. The topological polar surface area (TPSA) is 21.3 Å². The first-order chi connectivity index (χ1) is 9.92. The minimum absolute atomic E-state index is 0.651. The fraction of sp³-hybridized carbons (Fsp3) is 0.333. The van der Waals surface area contributed by atoms with Gasteiger partial charge in [0.25, 0.3) is 0 Å². The van der Waals surface area contributed by atoms with Crippen LogP contribution in [0.25, 0.3) is 11.1 Å². The molecule has 0 bridgehead atoms. The molecule has 104 valence electrons. The Kier molecular flexibility index (Phi) is 4.34. The second-order valence-corrected chi connectivity index (χ2v) is 5.32. The first kappa shape index (κ1) is 13.2. The van der Waals surface area contributed by atoms with Gasteiger partial charge in [-0.05, 0) is 49.1 Å². The first-order valence-electron chi connectivity index (χ1n) is 7.43. The molecule has 1 aliphatic heterocycles. The Labute approximate surface area is 120 Å². The van der Waals surface area contributed by atoms with Crippen LogP contribution in [0, 0.1) is 0 Å². The van der Waals surface area contributed by atoms with E-state index in [1.807, 2.05) is 6.07 Å². The molecule has 0 spiro atoms. The number of nitrogens with one attached hydrogen (secondary N) is 1. The summed E-state index contributed by atoms with van der Waals surface area (Å²) in [4.78, 5) is 0. The lowest BCUT2D eigenvalue weighted by atomic mass is 10.1. The van der Waals surface area contributed by atoms with Crippen LogP contribution in [0.1, 0.15) is 19.3 Å². The molecule has 3 rings (SSSR count). The van der Waals surface area contributed by atoms with Gasteiger partial charge in [-0.3, -0.25) is 0 Å². The van der Waals surface area contributed by atoms with Gasteiger partial charge in [0, 0.05) is 6.04 Å². The van der Waals surface area contributed by atoms with Crippen LogP contribution in [0.4, 0.5) is 0 Å². The van der Waals surface area contributed by atoms with E-state index in [2.05, 4.69) is 53.8 Å². The van der Waals surface area contributed by atoms with Crippen molar-refractivity contribution < 1.29 is 4.74 Å². The van der Waals surface area contributed by atoms with E-state index in [1.54, 1.807) is 0 Å². The predicted octanol–water partition coefficient (Wildman–Crippen LogP) is 3.87.